The van der Waals surface area contributed by atoms with E-state index in [1.54, 1.807) is 0 Å². The Hall–Kier alpha value is -3.12. The summed E-state index contributed by atoms with van der Waals surface area (Å²) in [5.74, 6) is -0.541. The lowest BCUT2D eigenvalue weighted by molar-refractivity contribution is -0.121. The van der Waals surface area contributed by atoms with Crippen molar-refractivity contribution in [3.05, 3.63) is 64.9 Å². The molecule has 6 nitrogen and oxygen atoms in total. The lowest BCUT2D eigenvalue weighted by atomic mass is 9.97. The minimum atomic E-state index is -0.272. The van der Waals surface area contributed by atoms with Gasteiger partial charge in [-0.05, 0) is 49.2 Å². The first kappa shape index (κ1) is 20.2. The molecule has 0 saturated carbocycles. The number of ether oxygens (including phenoxy) is 1. The fraction of sp³-hybridized carbons (Fsp3) is 0.333. The van der Waals surface area contributed by atoms with Crippen LogP contribution in [0.2, 0.25) is 0 Å². The van der Waals surface area contributed by atoms with Crippen LogP contribution in [0.3, 0.4) is 0 Å². The van der Waals surface area contributed by atoms with E-state index in [0.717, 1.165) is 22.4 Å². The fourth-order valence-electron chi connectivity index (χ4n) is 4.07. The summed E-state index contributed by atoms with van der Waals surface area (Å²) >= 11 is 0. The van der Waals surface area contributed by atoms with Gasteiger partial charge < -0.3 is 14.5 Å². The molecule has 4 rings (SSSR count). The van der Waals surface area contributed by atoms with E-state index >= 15 is 0 Å². The summed E-state index contributed by atoms with van der Waals surface area (Å²) in [6, 6.07) is 13.5. The number of carbonyl (C=O) groups excluding carboxylic acids is 2. The van der Waals surface area contributed by atoms with Crippen molar-refractivity contribution in [2.24, 2.45) is 0 Å². The molecule has 2 aromatic rings. The maximum atomic E-state index is 13.6. The zero-order valence-corrected chi connectivity index (χ0v) is 17.9. The maximum Gasteiger partial charge on any atom is 0.282 e. The second kappa shape index (κ2) is 7.95. The molecule has 156 valence electrons. The van der Waals surface area contributed by atoms with E-state index in [1.807, 2.05) is 80.2 Å². The van der Waals surface area contributed by atoms with Crippen LogP contribution in [0.25, 0.3) is 5.57 Å². The molecule has 2 amide bonds. The smallest absolute Gasteiger partial charge is 0.282 e. The number of rotatable bonds is 4. The van der Waals surface area contributed by atoms with E-state index < -0.39 is 0 Å². The molecule has 30 heavy (non-hydrogen) atoms. The molecule has 0 aromatic heterocycles. The van der Waals surface area contributed by atoms with Crippen molar-refractivity contribution in [1.29, 1.82) is 0 Å². The lowest BCUT2D eigenvalue weighted by Gasteiger charge is -2.29. The van der Waals surface area contributed by atoms with Gasteiger partial charge in [0.25, 0.3) is 11.8 Å². The molecule has 2 aliphatic heterocycles. The molecule has 0 N–H and O–H groups in total. The van der Waals surface area contributed by atoms with Gasteiger partial charge in [0, 0.05) is 32.9 Å². The third-order valence-corrected chi connectivity index (χ3v) is 5.66. The van der Waals surface area contributed by atoms with Gasteiger partial charge in [0.15, 0.2) is 0 Å². The number of anilines is 2. The highest BCUT2D eigenvalue weighted by molar-refractivity contribution is 6.45. The number of morpholine rings is 1. The molecule has 0 spiro atoms. The van der Waals surface area contributed by atoms with Gasteiger partial charge in [0.1, 0.15) is 5.70 Å². The Labute approximate surface area is 177 Å². The van der Waals surface area contributed by atoms with Gasteiger partial charge in [-0.1, -0.05) is 23.8 Å². The molecule has 0 radical (unpaired) electrons. The number of carbonyl (C=O) groups is 2. The quantitative estimate of drug-likeness (QED) is 0.732. The Bertz CT molecular complexity index is 1020. The van der Waals surface area contributed by atoms with Crippen molar-refractivity contribution in [1.82, 2.24) is 4.90 Å². The van der Waals surface area contributed by atoms with Crippen molar-refractivity contribution >= 4 is 28.8 Å². The number of hydrogen-bond donors (Lipinski definition) is 0. The van der Waals surface area contributed by atoms with Gasteiger partial charge in [-0.15, -0.1) is 0 Å². The zero-order chi connectivity index (χ0) is 21.4. The van der Waals surface area contributed by atoms with E-state index in [1.165, 1.54) is 4.90 Å². The van der Waals surface area contributed by atoms with Crippen LogP contribution < -0.4 is 9.80 Å². The molecule has 0 atom stereocenters. The molecule has 2 heterocycles. The number of amides is 2. The summed E-state index contributed by atoms with van der Waals surface area (Å²) in [7, 11) is 3.91. The van der Waals surface area contributed by atoms with Crippen LogP contribution in [-0.2, 0) is 14.3 Å². The van der Waals surface area contributed by atoms with E-state index in [-0.39, 0.29) is 11.8 Å². The fourth-order valence-corrected chi connectivity index (χ4v) is 4.07. The van der Waals surface area contributed by atoms with Crippen molar-refractivity contribution in [2.75, 3.05) is 50.2 Å². The largest absolute Gasteiger partial charge is 0.378 e. The van der Waals surface area contributed by atoms with E-state index in [9.17, 15) is 9.59 Å². The highest BCUT2D eigenvalue weighted by Gasteiger charge is 2.43. The first-order valence-corrected chi connectivity index (χ1v) is 10.2. The van der Waals surface area contributed by atoms with Crippen LogP contribution in [0.4, 0.5) is 11.4 Å². The molecule has 0 unspecified atom stereocenters. The predicted octanol–water partition coefficient (Wildman–Crippen LogP) is 2.99. The molecule has 0 bridgehead atoms. The molecular formula is C24H27N3O3. The second-order valence-corrected chi connectivity index (χ2v) is 8.00. The van der Waals surface area contributed by atoms with Crippen molar-refractivity contribution in [2.45, 2.75) is 13.8 Å². The first-order chi connectivity index (χ1) is 14.4. The summed E-state index contributed by atoms with van der Waals surface area (Å²) in [5, 5.41) is 0. The summed E-state index contributed by atoms with van der Waals surface area (Å²) < 4.78 is 5.47. The maximum absolute atomic E-state index is 13.6. The van der Waals surface area contributed by atoms with Crippen LogP contribution in [0.5, 0.6) is 0 Å². The molecule has 1 saturated heterocycles. The topological polar surface area (TPSA) is 53.1 Å². The Morgan fingerprint density at radius 1 is 0.900 bits per heavy atom. The van der Waals surface area contributed by atoms with Gasteiger partial charge in [-0.25, -0.2) is 4.90 Å². The van der Waals surface area contributed by atoms with Crippen LogP contribution >= 0.6 is 0 Å². The Morgan fingerprint density at radius 2 is 1.57 bits per heavy atom. The SMILES string of the molecule is Cc1ccc(C2=C(N3CCOCC3)C(=O)N(c3ccc(N(C)C)cc3)C2=O)c(C)c1. The minimum Gasteiger partial charge on any atom is -0.378 e. The van der Waals surface area contributed by atoms with E-state index in [2.05, 4.69) is 0 Å². The predicted molar refractivity (Wildman–Crippen MR) is 118 cm³/mol. The van der Waals surface area contributed by atoms with Gasteiger partial charge in [-0.2, -0.15) is 0 Å². The average molecular weight is 405 g/mol. The molecule has 1 fully saturated rings. The number of aryl methyl sites for hydroxylation is 2. The van der Waals surface area contributed by atoms with Crippen LogP contribution in [-0.4, -0.2) is 57.1 Å². The van der Waals surface area contributed by atoms with Gasteiger partial charge in [0.2, 0.25) is 0 Å². The Balaban J connectivity index is 1.81. The monoisotopic (exact) mass is 405 g/mol. The van der Waals surface area contributed by atoms with E-state index in [4.69, 9.17) is 4.74 Å². The van der Waals surface area contributed by atoms with E-state index in [0.29, 0.717) is 43.3 Å². The summed E-state index contributed by atoms with van der Waals surface area (Å²) in [5.41, 5.74) is 5.48. The molecule has 2 aromatic carbocycles. The Morgan fingerprint density at radius 3 is 2.17 bits per heavy atom. The standard InChI is InChI=1S/C24H27N3O3/c1-16-5-10-20(17(2)15-16)21-22(26-11-13-30-14-12-26)24(29)27(23(21)28)19-8-6-18(7-9-19)25(3)4/h5-10,15H,11-14H2,1-4H3. The third-order valence-electron chi connectivity index (χ3n) is 5.66. The van der Waals surface area contributed by atoms with Gasteiger partial charge in [0.05, 0.1) is 24.5 Å². The minimum absolute atomic E-state index is 0.269. The van der Waals surface area contributed by atoms with Gasteiger partial charge >= 0.3 is 0 Å². The summed E-state index contributed by atoms with van der Waals surface area (Å²) in [6.45, 7) is 6.28. The van der Waals surface area contributed by atoms with Crippen molar-refractivity contribution in [3.8, 4) is 0 Å². The van der Waals surface area contributed by atoms with Crippen molar-refractivity contribution in [3.63, 3.8) is 0 Å². The summed E-state index contributed by atoms with van der Waals surface area (Å²) in [4.78, 5) is 32.4. The van der Waals surface area contributed by atoms with Crippen LogP contribution in [0.1, 0.15) is 16.7 Å². The normalized spacial score (nSPS) is 17.2. The molecular weight excluding hydrogens is 378 g/mol. The number of imide groups is 1. The van der Waals surface area contributed by atoms with Crippen molar-refractivity contribution < 1.29 is 14.3 Å². The highest BCUT2D eigenvalue weighted by Crippen LogP contribution is 2.36. The second-order valence-electron chi connectivity index (χ2n) is 8.00. The summed E-state index contributed by atoms with van der Waals surface area (Å²) in [6.07, 6.45) is 0. The third kappa shape index (κ3) is 3.48. The lowest BCUT2D eigenvalue weighted by Crippen LogP contribution is -2.40. The average Bonchev–Trinajstić information content (AvgIpc) is 2.99. The van der Waals surface area contributed by atoms with Gasteiger partial charge in [-0.3, -0.25) is 9.59 Å². The first-order valence-electron chi connectivity index (χ1n) is 10.2. The molecule has 6 heteroatoms. The van der Waals surface area contributed by atoms with Crippen LogP contribution in [0, 0.1) is 13.8 Å². The zero-order valence-electron chi connectivity index (χ0n) is 17.9. The highest BCUT2D eigenvalue weighted by atomic mass is 16.5. The molecule has 2 aliphatic rings. The number of benzene rings is 2. The van der Waals surface area contributed by atoms with Crippen LogP contribution in [0.15, 0.2) is 48.2 Å². The number of hydrogen-bond acceptors (Lipinski definition) is 5. The molecule has 0 aliphatic carbocycles. The number of nitrogens with zero attached hydrogens (tertiary/aromatic N) is 3. The Kier molecular flexibility index (Phi) is 5.35.